The molecule has 1 aliphatic heterocycles. The number of hydrogen-bond acceptors (Lipinski definition) is 5. The molecule has 0 aliphatic carbocycles. The summed E-state index contributed by atoms with van der Waals surface area (Å²) in [5.41, 5.74) is 1.79. The molecule has 0 spiro atoms. The van der Waals surface area contributed by atoms with E-state index < -0.39 is 0 Å². The number of carbonyl (C=O) groups is 3. The molecule has 3 amide bonds. The van der Waals surface area contributed by atoms with Gasteiger partial charge in [-0.1, -0.05) is 12.1 Å². The van der Waals surface area contributed by atoms with E-state index in [1.165, 1.54) is 4.90 Å². The molecule has 0 bridgehead atoms. The van der Waals surface area contributed by atoms with Crippen LogP contribution < -0.4 is 19.7 Å². The number of methoxy groups -OCH3 is 1. The molecular formula is C23H27N3O5. The first kappa shape index (κ1) is 22.1. The monoisotopic (exact) mass is 425 g/mol. The maximum atomic E-state index is 12.7. The molecule has 8 heteroatoms. The molecular weight excluding hydrogens is 398 g/mol. The highest BCUT2D eigenvalue weighted by atomic mass is 16.5. The number of nitrogens with zero attached hydrogens (tertiary/aromatic N) is 2. The van der Waals surface area contributed by atoms with Crippen molar-refractivity contribution in [2.24, 2.45) is 0 Å². The molecule has 0 aromatic heterocycles. The van der Waals surface area contributed by atoms with Crippen molar-refractivity contribution in [1.82, 2.24) is 10.2 Å². The van der Waals surface area contributed by atoms with Crippen molar-refractivity contribution in [2.75, 3.05) is 38.3 Å². The molecule has 0 fully saturated rings. The van der Waals surface area contributed by atoms with E-state index in [0.29, 0.717) is 36.6 Å². The summed E-state index contributed by atoms with van der Waals surface area (Å²) in [6, 6.07) is 12.3. The van der Waals surface area contributed by atoms with Gasteiger partial charge in [0.05, 0.1) is 12.8 Å². The van der Waals surface area contributed by atoms with E-state index in [-0.39, 0.29) is 30.9 Å². The number of ether oxygens (including phenoxy) is 2. The van der Waals surface area contributed by atoms with E-state index in [4.69, 9.17) is 9.47 Å². The number of fused-ring (bicyclic) bond motifs is 1. The number of nitrogens with one attached hydrogen (secondary N) is 1. The average Bonchev–Trinajstić information content (AvgIpc) is 2.80. The van der Waals surface area contributed by atoms with Gasteiger partial charge in [0.15, 0.2) is 6.61 Å². The standard InChI is InChI=1S/C23H27N3O5/c1-4-25(5-2)23(29)17-8-11-20-19(12-17)26(22(28)15-31-20)14-21(27)24-13-16-6-9-18(30-3)10-7-16/h6-12H,4-5,13-15H2,1-3H3,(H,24,27). The van der Waals surface area contributed by atoms with Crippen LogP contribution in [0.1, 0.15) is 29.8 Å². The van der Waals surface area contributed by atoms with Crippen LogP contribution >= 0.6 is 0 Å². The maximum absolute atomic E-state index is 12.7. The predicted octanol–water partition coefficient (Wildman–Crippen LogP) is 2.22. The molecule has 0 saturated carbocycles. The highest BCUT2D eigenvalue weighted by Gasteiger charge is 2.28. The second kappa shape index (κ2) is 9.97. The molecule has 1 aliphatic rings. The molecule has 0 radical (unpaired) electrons. The van der Waals surface area contributed by atoms with Gasteiger partial charge in [-0.25, -0.2) is 0 Å². The van der Waals surface area contributed by atoms with Gasteiger partial charge in [0.25, 0.3) is 11.8 Å². The van der Waals surface area contributed by atoms with Crippen molar-refractivity contribution in [1.29, 1.82) is 0 Å². The molecule has 1 heterocycles. The molecule has 3 rings (SSSR count). The third-order valence-electron chi connectivity index (χ3n) is 5.15. The van der Waals surface area contributed by atoms with Crippen LogP contribution in [0.25, 0.3) is 0 Å². The molecule has 164 valence electrons. The Balaban J connectivity index is 1.72. The van der Waals surface area contributed by atoms with Gasteiger partial charge in [0.1, 0.15) is 18.0 Å². The topological polar surface area (TPSA) is 88.2 Å². The third-order valence-corrected chi connectivity index (χ3v) is 5.15. The minimum Gasteiger partial charge on any atom is -0.497 e. The second-order valence-electron chi connectivity index (χ2n) is 7.05. The zero-order valence-corrected chi connectivity index (χ0v) is 18.0. The molecule has 8 nitrogen and oxygen atoms in total. The number of benzene rings is 2. The highest BCUT2D eigenvalue weighted by molar-refractivity contribution is 6.04. The maximum Gasteiger partial charge on any atom is 0.265 e. The lowest BCUT2D eigenvalue weighted by Gasteiger charge is -2.29. The van der Waals surface area contributed by atoms with E-state index in [1.54, 1.807) is 30.2 Å². The first-order valence-corrected chi connectivity index (χ1v) is 10.2. The Labute approximate surface area is 181 Å². The minimum atomic E-state index is -0.334. The first-order valence-electron chi connectivity index (χ1n) is 10.2. The Morgan fingerprint density at radius 3 is 2.48 bits per heavy atom. The van der Waals surface area contributed by atoms with E-state index in [1.807, 2.05) is 38.1 Å². The molecule has 2 aromatic rings. The van der Waals surface area contributed by atoms with Crippen LogP contribution in [0.5, 0.6) is 11.5 Å². The van der Waals surface area contributed by atoms with Gasteiger partial charge in [-0.3, -0.25) is 19.3 Å². The number of amides is 3. The Morgan fingerprint density at radius 1 is 1.13 bits per heavy atom. The van der Waals surface area contributed by atoms with Crippen molar-refractivity contribution in [3.8, 4) is 11.5 Å². The van der Waals surface area contributed by atoms with Gasteiger partial charge in [0, 0.05) is 25.2 Å². The molecule has 1 N–H and O–H groups in total. The Morgan fingerprint density at radius 2 is 1.84 bits per heavy atom. The van der Waals surface area contributed by atoms with E-state index in [0.717, 1.165) is 11.3 Å². The fourth-order valence-corrected chi connectivity index (χ4v) is 3.35. The zero-order valence-electron chi connectivity index (χ0n) is 18.0. The van der Waals surface area contributed by atoms with Gasteiger partial charge in [-0.05, 0) is 49.7 Å². The van der Waals surface area contributed by atoms with Crippen LogP contribution in [0, 0.1) is 0 Å². The summed E-state index contributed by atoms with van der Waals surface area (Å²) in [6.45, 7) is 5.00. The van der Waals surface area contributed by atoms with E-state index in [9.17, 15) is 14.4 Å². The summed E-state index contributed by atoms with van der Waals surface area (Å²) in [6.07, 6.45) is 0. The Bertz CT molecular complexity index is 954. The van der Waals surface area contributed by atoms with Crippen LogP contribution in [-0.2, 0) is 16.1 Å². The second-order valence-corrected chi connectivity index (χ2v) is 7.05. The number of hydrogen-bond donors (Lipinski definition) is 1. The molecule has 0 saturated heterocycles. The normalized spacial score (nSPS) is 12.6. The SMILES string of the molecule is CCN(CC)C(=O)c1ccc2c(c1)N(CC(=O)NCc1ccc(OC)cc1)C(=O)CO2. The van der Waals surface area contributed by atoms with Crippen molar-refractivity contribution in [3.63, 3.8) is 0 Å². The van der Waals surface area contributed by atoms with Crippen LogP contribution in [0.15, 0.2) is 42.5 Å². The van der Waals surface area contributed by atoms with Crippen LogP contribution in [0.3, 0.4) is 0 Å². The lowest BCUT2D eigenvalue weighted by molar-refractivity contribution is -0.125. The zero-order chi connectivity index (χ0) is 22.4. The van der Waals surface area contributed by atoms with Crippen molar-refractivity contribution in [3.05, 3.63) is 53.6 Å². The largest absolute Gasteiger partial charge is 0.497 e. The van der Waals surface area contributed by atoms with E-state index in [2.05, 4.69) is 5.32 Å². The first-order chi connectivity index (χ1) is 15.0. The fraction of sp³-hybridized carbons (Fsp3) is 0.348. The van der Waals surface area contributed by atoms with Gasteiger partial charge in [-0.15, -0.1) is 0 Å². The lowest BCUT2D eigenvalue weighted by atomic mass is 10.1. The predicted molar refractivity (Wildman–Crippen MR) is 116 cm³/mol. The molecule has 31 heavy (non-hydrogen) atoms. The summed E-state index contributed by atoms with van der Waals surface area (Å²) < 4.78 is 10.6. The Kier molecular flexibility index (Phi) is 7.12. The Hall–Kier alpha value is -3.55. The van der Waals surface area contributed by atoms with Gasteiger partial charge < -0.3 is 19.7 Å². The van der Waals surface area contributed by atoms with Gasteiger partial charge in [0.2, 0.25) is 5.91 Å². The van der Waals surface area contributed by atoms with Crippen LogP contribution in [-0.4, -0.2) is 56.0 Å². The fourth-order valence-electron chi connectivity index (χ4n) is 3.35. The number of anilines is 1. The van der Waals surface area contributed by atoms with Gasteiger partial charge in [-0.2, -0.15) is 0 Å². The van der Waals surface area contributed by atoms with Crippen molar-refractivity contribution in [2.45, 2.75) is 20.4 Å². The number of carbonyl (C=O) groups excluding carboxylic acids is 3. The molecule has 0 unspecified atom stereocenters. The number of rotatable bonds is 8. The average molecular weight is 425 g/mol. The highest BCUT2D eigenvalue weighted by Crippen LogP contribution is 2.33. The summed E-state index contributed by atoms with van der Waals surface area (Å²) in [5.74, 6) is 0.436. The minimum absolute atomic E-state index is 0.130. The quantitative estimate of drug-likeness (QED) is 0.701. The van der Waals surface area contributed by atoms with Crippen LogP contribution in [0.4, 0.5) is 5.69 Å². The summed E-state index contributed by atoms with van der Waals surface area (Å²) in [4.78, 5) is 40.8. The summed E-state index contributed by atoms with van der Waals surface area (Å²) in [7, 11) is 1.59. The molecule has 0 atom stereocenters. The summed E-state index contributed by atoms with van der Waals surface area (Å²) in [5, 5.41) is 2.82. The lowest BCUT2D eigenvalue weighted by Crippen LogP contribution is -2.45. The van der Waals surface area contributed by atoms with Gasteiger partial charge >= 0.3 is 0 Å². The molecule has 2 aromatic carbocycles. The third kappa shape index (κ3) is 5.14. The van der Waals surface area contributed by atoms with Crippen molar-refractivity contribution >= 4 is 23.4 Å². The van der Waals surface area contributed by atoms with Crippen molar-refractivity contribution < 1.29 is 23.9 Å². The summed E-state index contributed by atoms with van der Waals surface area (Å²) >= 11 is 0. The van der Waals surface area contributed by atoms with Crippen LogP contribution in [0.2, 0.25) is 0 Å². The smallest absolute Gasteiger partial charge is 0.265 e. The van der Waals surface area contributed by atoms with E-state index >= 15 is 0 Å².